The summed E-state index contributed by atoms with van der Waals surface area (Å²) in [4.78, 5) is 2.32. The van der Waals surface area contributed by atoms with Crippen molar-refractivity contribution >= 4 is 0 Å². The molecule has 1 aliphatic heterocycles. The van der Waals surface area contributed by atoms with Crippen LogP contribution in [-0.4, -0.2) is 25.6 Å². The topological polar surface area (TPSA) is 12.5 Å². The van der Waals surface area contributed by atoms with Gasteiger partial charge in [-0.3, -0.25) is 0 Å². The molecule has 0 spiro atoms. The van der Waals surface area contributed by atoms with E-state index in [2.05, 4.69) is 24.1 Å². The molecule has 70 valence electrons. The lowest BCUT2D eigenvalue weighted by molar-refractivity contribution is 0.302. The minimum absolute atomic E-state index is 1.01. The number of nitrogens with zero attached hydrogens (tertiary/aromatic N) is 1. The third kappa shape index (κ3) is 1.54. The predicted molar refractivity (Wildman–Crippen MR) is 53.0 cm³/mol. The second kappa shape index (κ2) is 3.38. The fraction of sp³-hybridized carbons (Fsp3) is 0.455. The highest BCUT2D eigenvalue weighted by atomic mass is 16.5. The van der Waals surface area contributed by atoms with Crippen LogP contribution < -0.4 is 4.74 Å². The number of ether oxygens (including phenoxy) is 1. The van der Waals surface area contributed by atoms with Gasteiger partial charge in [-0.25, -0.2) is 0 Å². The van der Waals surface area contributed by atoms with Crippen molar-refractivity contribution in [2.24, 2.45) is 0 Å². The average molecular weight is 177 g/mol. The maximum Gasteiger partial charge on any atom is 0.123 e. The molecule has 1 aliphatic rings. The Bertz CT molecular complexity index is 295. The number of rotatable bonds is 1. The molecule has 1 aromatic rings. The zero-order valence-electron chi connectivity index (χ0n) is 8.21. The van der Waals surface area contributed by atoms with Crippen LogP contribution in [-0.2, 0) is 13.0 Å². The lowest BCUT2D eigenvalue weighted by atomic mass is 9.99. The summed E-state index contributed by atoms with van der Waals surface area (Å²) in [6, 6.07) is 6.31. The number of hydrogen-bond acceptors (Lipinski definition) is 2. The lowest BCUT2D eigenvalue weighted by Gasteiger charge is -2.26. The third-order valence-electron chi connectivity index (χ3n) is 2.64. The van der Waals surface area contributed by atoms with E-state index < -0.39 is 0 Å². The first-order valence-corrected chi connectivity index (χ1v) is 4.64. The van der Waals surface area contributed by atoms with Gasteiger partial charge in [0.15, 0.2) is 0 Å². The third-order valence-corrected chi connectivity index (χ3v) is 2.64. The SMILES string of the molecule is COc1cccc2c1CN(C)CC2. The predicted octanol–water partition coefficient (Wildman–Crippen LogP) is 1.68. The summed E-state index contributed by atoms with van der Waals surface area (Å²) in [5.41, 5.74) is 2.80. The van der Waals surface area contributed by atoms with Crippen molar-refractivity contribution in [3.8, 4) is 5.75 Å². The first-order valence-electron chi connectivity index (χ1n) is 4.64. The monoisotopic (exact) mass is 177 g/mol. The number of methoxy groups -OCH3 is 1. The van der Waals surface area contributed by atoms with Gasteiger partial charge in [-0.05, 0) is 25.1 Å². The Morgan fingerprint density at radius 2 is 2.23 bits per heavy atom. The Balaban J connectivity index is 2.41. The number of fused-ring (bicyclic) bond motifs is 1. The van der Waals surface area contributed by atoms with Crippen LogP contribution in [0.2, 0.25) is 0 Å². The molecule has 0 radical (unpaired) electrons. The summed E-state index contributed by atoms with van der Waals surface area (Å²) >= 11 is 0. The highest BCUT2D eigenvalue weighted by Crippen LogP contribution is 2.26. The largest absolute Gasteiger partial charge is 0.496 e. The van der Waals surface area contributed by atoms with Crippen molar-refractivity contribution in [2.75, 3.05) is 20.7 Å². The first kappa shape index (κ1) is 8.57. The van der Waals surface area contributed by atoms with Gasteiger partial charge >= 0.3 is 0 Å². The molecule has 0 atom stereocenters. The smallest absolute Gasteiger partial charge is 0.123 e. The van der Waals surface area contributed by atoms with Crippen LogP contribution in [0.4, 0.5) is 0 Å². The van der Waals surface area contributed by atoms with Gasteiger partial charge in [0, 0.05) is 18.7 Å². The van der Waals surface area contributed by atoms with E-state index in [-0.39, 0.29) is 0 Å². The van der Waals surface area contributed by atoms with Gasteiger partial charge in [-0.2, -0.15) is 0 Å². The molecule has 0 bridgehead atoms. The van der Waals surface area contributed by atoms with Gasteiger partial charge in [0.2, 0.25) is 0 Å². The summed E-state index contributed by atoms with van der Waals surface area (Å²) in [6.45, 7) is 2.17. The van der Waals surface area contributed by atoms with Crippen molar-refractivity contribution in [3.63, 3.8) is 0 Å². The van der Waals surface area contributed by atoms with Crippen LogP contribution >= 0.6 is 0 Å². The van der Waals surface area contributed by atoms with E-state index in [0.717, 1.165) is 25.3 Å². The summed E-state index contributed by atoms with van der Waals surface area (Å²) < 4.78 is 5.33. The Hall–Kier alpha value is -1.02. The van der Waals surface area contributed by atoms with Crippen LogP contribution in [0.5, 0.6) is 5.75 Å². The zero-order chi connectivity index (χ0) is 9.26. The highest BCUT2D eigenvalue weighted by molar-refractivity contribution is 5.41. The molecule has 1 heterocycles. The van der Waals surface area contributed by atoms with E-state index in [9.17, 15) is 0 Å². The number of likely N-dealkylation sites (N-methyl/N-ethyl adjacent to an activating group) is 1. The quantitative estimate of drug-likeness (QED) is 0.647. The van der Waals surface area contributed by atoms with Gasteiger partial charge in [0.05, 0.1) is 7.11 Å². The van der Waals surface area contributed by atoms with Crippen molar-refractivity contribution < 1.29 is 4.74 Å². The molecule has 0 saturated heterocycles. The molecular weight excluding hydrogens is 162 g/mol. The van der Waals surface area contributed by atoms with E-state index in [0.29, 0.717) is 0 Å². The summed E-state index contributed by atoms with van der Waals surface area (Å²) in [7, 11) is 3.89. The molecule has 0 N–H and O–H groups in total. The molecule has 0 fully saturated rings. The summed E-state index contributed by atoms with van der Waals surface area (Å²) in [5, 5.41) is 0. The van der Waals surface area contributed by atoms with Crippen LogP contribution in [0, 0.1) is 0 Å². The second-order valence-electron chi connectivity index (χ2n) is 3.59. The van der Waals surface area contributed by atoms with E-state index in [1.165, 1.54) is 11.1 Å². The molecule has 2 heteroatoms. The van der Waals surface area contributed by atoms with Crippen molar-refractivity contribution in [3.05, 3.63) is 29.3 Å². The van der Waals surface area contributed by atoms with E-state index in [4.69, 9.17) is 4.74 Å². The van der Waals surface area contributed by atoms with Crippen LogP contribution in [0.15, 0.2) is 18.2 Å². The van der Waals surface area contributed by atoms with Gasteiger partial charge in [0.25, 0.3) is 0 Å². The first-order chi connectivity index (χ1) is 6.31. The fourth-order valence-corrected chi connectivity index (χ4v) is 1.88. The molecule has 0 saturated carbocycles. The molecule has 13 heavy (non-hydrogen) atoms. The average Bonchev–Trinajstić information content (AvgIpc) is 2.17. The van der Waals surface area contributed by atoms with Crippen LogP contribution in [0.3, 0.4) is 0 Å². The molecule has 2 nitrogen and oxygen atoms in total. The van der Waals surface area contributed by atoms with Crippen molar-refractivity contribution in [2.45, 2.75) is 13.0 Å². The minimum Gasteiger partial charge on any atom is -0.496 e. The lowest BCUT2D eigenvalue weighted by Crippen LogP contribution is -2.26. The molecular formula is C11H15NO. The molecule has 0 aliphatic carbocycles. The Morgan fingerprint density at radius 3 is 3.00 bits per heavy atom. The minimum atomic E-state index is 1.01. The van der Waals surface area contributed by atoms with E-state index in [1.807, 2.05) is 6.07 Å². The van der Waals surface area contributed by atoms with Gasteiger partial charge in [-0.1, -0.05) is 12.1 Å². The maximum absolute atomic E-state index is 5.33. The second-order valence-corrected chi connectivity index (χ2v) is 3.59. The highest BCUT2D eigenvalue weighted by Gasteiger charge is 2.15. The molecule has 0 amide bonds. The Kier molecular flexibility index (Phi) is 2.23. The van der Waals surface area contributed by atoms with Crippen LogP contribution in [0.1, 0.15) is 11.1 Å². The Morgan fingerprint density at radius 1 is 1.38 bits per heavy atom. The Labute approximate surface area is 79.1 Å². The van der Waals surface area contributed by atoms with Gasteiger partial charge in [0.1, 0.15) is 5.75 Å². The molecule has 0 aromatic heterocycles. The number of benzene rings is 1. The normalized spacial score (nSPS) is 16.8. The molecule has 1 aromatic carbocycles. The van der Waals surface area contributed by atoms with Gasteiger partial charge in [-0.15, -0.1) is 0 Å². The van der Waals surface area contributed by atoms with Crippen molar-refractivity contribution in [1.82, 2.24) is 4.90 Å². The maximum atomic E-state index is 5.33. The zero-order valence-corrected chi connectivity index (χ0v) is 8.21. The van der Waals surface area contributed by atoms with Crippen LogP contribution in [0.25, 0.3) is 0 Å². The summed E-state index contributed by atoms with van der Waals surface area (Å²) in [6.07, 6.45) is 1.14. The summed E-state index contributed by atoms with van der Waals surface area (Å²) in [5.74, 6) is 1.03. The van der Waals surface area contributed by atoms with E-state index in [1.54, 1.807) is 7.11 Å². The standard InChI is InChI=1S/C11H15NO/c1-12-7-6-9-4-3-5-11(13-2)10(9)8-12/h3-5H,6-8H2,1-2H3. The number of hydrogen-bond donors (Lipinski definition) is 0. The van der Waals surface area contributed by atoms with Crippen molar-refractivity contribution in [1.29, 1.82) is 0 Å². The van der Waals surface area contributed by atoms with E-state index >= 15 is 0 Å². The fourth-order valence-electron chi connectivity index (χ4n) is 1.88. The van der Waals surface area contributed by atoms with Gasteiger partial charge < -0.3 is 9.64 Å². The molecule has 0 unspecified atom stereocenters. The molecule has 2 rings (SSSR count).